The number of furan rings is 1. The average Bonchev–Trinajstić information content (AvgIpc) is 3.17. The van der Waals surface area contributed by atoms with Crippen LogP contribution in [0.2, 0.25) is 0 Å². The molecule has 1 amide bonds. The van der Waals surface area contributed by atoms with Gasteiger partial charge < -0.3 is 14.5 Å². The Kier molecular flexibility index (Phi) is 6.73. The number of ether oxygens (including phenoxy) is 1. The van der Waals surface area contributed by atoms with Crippen molar-refractivity contribution in [1.29, 1.82) is 0 Å². The largest absolute Gasteiger partial charge is 0.467 e. The van der Waals surface area contributed by atoms with E-state index >= 15 is 0 Å². The van der Waals surface area contributed by atoms with E-state index in [-0.39, 0.29) is 12.0 Å². The van der Waals surface area contributed by atoms with Gasteiger partial charge in [-0.05, 0) is 45.2 Å². The quantitative estimate of drug-likeness (QED) is 0.478. The summed E-state index contributed by atoms with van der Waals surface area (Å²) in [6.45, 7) is 5.89. The normalized spacial score (nSPS) is 14.1. The summed E-state index contributed by atoms with van der Waals surface area (Å²) in [7, 11) is 0. The minimum atomic E-state index is 0.0000625. The van der Waals surface area contributed by atoms with Gasteiger partial charge in [0, 0.05) is 19.1 Å². The number of carbonyl (C=O) groups excluding carboxylic acids is 1. The maximum Gasteiger partial charge on any atom is 0.230 e. The van der Waals surface area contributed by atoms with E-state index in [1.54, 1.807) is 6.26 Å². The molecule has 26 heavy (non-hydrogen) atoms. The molecule has 1 aliphatic carbocycles. The first-order valence-corrected chi connectivity index (χ1v) is 10.1. The van der Waals surface area contributed by atoms with Gasteiger partial charge in [0.25, 0.3) is 0 Å². The van der Waals surface area contributed by atoms with Crippen molar-refractivity contribution in [2.45, 2.75) is 56.8 Å². The molecule has 2 aromatic heterocycles. The van der Waals surface area contributed by atoms with E-state index < -0.39 is 0 Å². The lowest BCUT2D eigenvalue weighted by atomic mass is 10.3. The van der Waals surface area contributed by atoms with Gasteiger partial charge in [-0.25, -0.2) is 0 Å². The van der Waals surface area contributed by atoms with E-state index in [1.165, 1.54) is 11.8 Å². The van der Waals surface area contributed by atoms with Gasteiger partial charge in [-0.15, -0.1) is 10.2 Å². The van der Waals surface area contributed by atoms with E-state index in [9.17, 15) is 4.79 Å². The minimum Gasteiger partial charge on any atom is -0.467 e. The molecule has 7 nitrogen and oxygen atoms in total. The maximum atomic E-state index is 12.0. The van der Waals surface area contributed by atoms with E-state index in [4.69, 9.17) is 9.15 Å². The number of hydrogen-bond acceptors (Lipinski definition) is 6. The number of amides is 1. The molecule has 2 aromatic rings. The van der Waals surface area contributed by atoms with Crippen molar-refractivity contribution in [2.75, 3.05) is 18.9 Å². The number of hydrogen-bond donors (Lipinski definition) is 1. The molecule has 0 atom stereocenters. The molecule has 0 saturated heterocycles. The highest BCUT2D eigenvalue weighted by molar-refractivity contribution is 7.99. The first kappa shape index (κ1) is 19.0. The standard InChI is InChI=1S/C18H26N4O3S/c1-13(2)24-10-4-8-19-16(23)12-26-18-21-20-17(14-6-7-14)22(18)11-15-5-3-9-25-15/h3,5,9,13-14H,4,6-8,10-12H2,1-2H3,(H,19,23). The van der Waals surface area contributed by atoms with Crippen LogP contribution < -0.4 is 5.32 Å². The Hall–Kier alpha value is -1.80. The molecule has 1 N–H and O–H groups in total. The molecule has 0 unspecified atom stereocenters. The summed E-state index contributed by atoms with van der Waals surface area (Å²) in [5.41, 5.74) is 0. The number of nitrogens with zero attached hydrogens (tertiary/aromatic N) is 3. The number of nitrogens with one attached hydrogen (secondary N) is 1. The number of thioether (sulfide) groups is 1. The molecule has 0 spiro atoms. The predicted molar refractivity (Wildman–Crippen MR) is 99.2 cm³/mol. The molecule has 3 rings (SSSR count). The molecule has 8 heteroatoms. The van der Waals surface area contributed by atoms with E-state index in [2.05, 4.69) is 20.1 Å². The van der Waals surface area contributed by atoms with Crippen molar-refractivity contribution < 1.29 is 13.9 Å². The third-order valence-electron chi connectivity index (χ3n) is 4.01. The number of carbonyl (C=O) groups is 1. The summed E-state index contributed by atoms with van der Waals surface area (Å²) in [6, 6.07) is 3.82. The second-order valence-corrected chi connectivity index (χ2v) is 7.63. The topological polar surface area (TPSA) is 82.2 Å². The van der Waals surface area contributed by atoms with E-state index in [1.807, 2.05) is 26.0 Å². The molecular weight excluding hydrogens is 352 g/mol. The molecule has 2 heterocycles. The van der Waals surface area contributed by atoms with Gasteiger partial charge in [-0.1, -0.05) is 11.8 Å². The summed E-state index contributed by atoms with van der Waals surface area (Å²) >= 11 is 1.42. The third kappa shape index (κ3) is 5.60. The zero-order valence-corrected chi connectivity index (χ0v) is 16.1. The van der Waals surface area contributed by atoms with Gasteiger partial charge >= 0.3 is 0 Å². The Balaban J connectivity index is 1.49. The van der Waals surface area contributed by atoms with Crippen LogP contribution in [-0.4, -0.2) is 45.7 Å². The van der Waals surface area contributed by atoms with Crippen molar-refractivity contribution in [2.24, 2.45) is 0 Å². The molecule has 0 bridgehead atoms. The fraction of sp³-hybridized carbons (Fsp3) is 0.611. The van der Waals surface area contributed by atoms with Crippen LogP contribution in [0.5, 0.6) is 0 Å². The van der Waals surface area contributed by atoms with Gasteiger partial charge in [0.15, 0.2) is 5.16 Å². The fourth-order valence-electron chi connectivity index (χ4n) is 2.56. The molecule has 1 aliphatic rings. The maximum absolute atomic E-state index is 12.0. The van der Waals surface area contributed by atoms with Crippen molar-refractivity contribution in [1.82, 2.24) is 20.1 Å². The Morgan fingerprint density at radius 2 is 2.31 bits per heavy atom. The summed E-state index contributed by atoms with van der Waals surface area (Å²) in [6.07, 6.45) is 5.01. The summed E-state index contributed by atoms with van der Waals surface area (Å²) in [4.78, 5) is 12.0. The van der Waals surface area contributed by atoms with Crippen LogP contribution >= 0.6 is 11.8 Å². The molecule has 1 fully saturated rings. The molecule has 0 radical (unpaired) electrons. The highest BCUT2D eigenvalue weighted by Crippen LogP contribution is 2.40. The second-order valence-electron chi connectivity index (χ2n) is 6.69. The monoisotopic (exact) mass is 378 g/mol. The van der Waals surface area contributed by atoms with Crippen LogP contribution in [0.3, 0.4) is 0 Å². The fourth-order valence-corrected chi connectivity index (χ4v) is 3.33. The second kappa shape index (κ2) is 9.23. The molecule has 1 saturated carbocycles. The van der Waals surface area contributed by atoms with Gasteiger partial charge in [-0.3, -0.25) is 9.36 Å². The summed E-state index contributed by atoms with van der Waals surface area (Å²) < 4.78 is 13.0. The predicted octanol–water partition coefficient (Wildman–Crippen LogP) is 2.82. The van der Waals surface area contributed by atoms with Crippen molar-refractivity contribution in [3.63, 3.8) is 0 Å². The molecule has 142 valence electrons. The molecule has 0 aliphatic heterocycles. The zero-order valence-electron chi connectivity index (χ0n) is 15.3. The van der Waals surface area contributed by atoms with Crippen molar-refractivity contribution in [3.8, 4) is 0 Å². The first-order chi connectivity index (χ1) is 12.6. The first-order valence-electron chi connectivity index (χ1n) is 9.10. The van der Waals surface area contributed by atoms with Crippen molar-refractivity contribution >= 4 is 17.7 Å². The van der Waals surface area contributed by atoms with E-state index in [0.29, 0.717) is 31.4 Å². The lowest BCUT2D eigenvalue weighted by Crippen LogP contribution is -2.27. The highest BCUT2D eigenvalue weighted by atomic mass is 32.2. The summed E-state index contributed by atoms with van der Waals surface area (Å²) in [5.74, 6) is 2.67. The smallest absolute Gasteiger partial charge is 0.230 e. The van der Waals surface area contributed by atoms with Crippen LogP contribution in [0.1, 0.15) is 50.6 Å². The lowest BCUT2D eigenvalue weighted by Gasteiger charge is -2.09. The highest BCUT2D eigenvalue weighted by Gasteiger charge is 2.30. The summed E-state index contributed by atoms with van der Waals surface area (Å²) in [5, 5.41) is 12.3. The van der Waals surface area contributed by atoms with Gasteiger partial charge in [0.1, 0.15) is 11.6 Å². The molecule has 0 aromatic carbocycles. The number of rotatable bonds is 11. The van der Waals surface area contributed by atoms with Gasteiger partial charge in [0.05, 0.1) is 24.7 Å². The van der Waals surface area contributed by atoms with Crippen LogP contribution in [0.4, 0.5) is 0 Å². The van der Waals surface area contributed by atoms with Crippen molar-refractivity contribution in [3.05, 3.63) is 30.0 Å². The Labute approximate surface area is 157 Å². The van der Waals surface area contributed by atoms with Crippen LogP contribution in [-0.2, 0) is 16.1 Å². The molecular formula is C18H26N4O3S. The zero-order chi connectivity index (χ0) is 18.4. The number of aromatic nitrogens is 3. The Morgan fingerprint density at radius 1 is 1.46 bits per heavy atom. The van der Waals surface area contributed by atoms with Crippen LogP contribution in [0.25, 0.3) is 0 Å². The third-order valence-corrected chi connectivity index (χ3v) is 4.98. The average molecular weight is 378 g/mol. The van der Waals surface area contributed by atoms with Crippen LogP contribution in [0.15, 0.2) is 28.0 Å². The van der Waals surface area contributed by atoms with E-state index in [0.717, 1.165) is 36.0 Å². The lowest BCUT2D eigenvalue weighted by molar-refractivity contribution is -0.118. The van der Waals surface area contributed by atoms with Gasteiger partial charge in [-0.2, -0.15) is 0 Å². The van der Waals surface area contributed by atoms with Gasteiger partial charge in [0.2, 0.25) is 5.91 Å². The Morgan fingerprint density at radius 3 is 3.00 bits per heavy atom. The van der Waals surface area contributed by atoms with Crippen LogP contribution in [0, 0.1) is 0 Å². The Bertz CT molecular complexity index is 695. The minimum absolute atomic E-state index is 0.0000625. The SMILES string of the molecule is CC(C)OCCCNC(=O)CSc1nnc(C2CC2)n1Cc1ccco1.